The summed E-state index contributed by atoms with van der Waals surface area (Å²) in [6.45, 7) is 6.17. The minimum atomic E-state index is -2.27. The minimum absolute atomic E-state index is 0.270. The zero-order valence-electron chi connectivity index (χ0n) is 15.5. The van der Waals surface area contributed by atoms with Crippen LogP contribution in [0, 0.1) is 5.82 Å². The fraction of sp³-hybridized carbons (Fsp3) is 0.556. The number of nitrogens with zero attached hydrogens (tertiary/aromatic N) is 1. The third-order valence-corrected chi connectivity index (χ3v) is 4.61. The van der Waals surface area contributed by atoms with Crippen LogP contribution in [0.1, 0.15) is 25.3 Å². The number of carboxylic acids is 2. The topological polar surface area (TPSA) is 130 Å². The van der Waals surface area contributed by atoms with Crippen molar-refractivity contribution in [2.24, 2.45) is 0 Å². The summed E-state index contributed by atoms with van der Waals surface area (Å²) in [5.41, 5.74) is 1.01. The Labute approximate surface area is 167 Å². The average Bonchev–Trinajstić information content (AvgIpc) is 3.17. The quantitative estimate of drug-likeness (QED) is 0.420. The molecule has 5 N–H and O–H groups in total. The standard InChI is InChI=1S/C14H20ClFN2.C4H6O6/c1-2-7-18(13-5-6-17-9-13)10-11-3-4-12(16)8-14(11)15;5-1(3(7)8)2(6)4(9)10/h3-4,8,13,17H,2,5-7,9-10H2,1H3;1-2,5-6H,(H,7,8)(H,9,10)/t13-;/m0./s1. The predicted octanol–water partition coefficient (Wildman–Crippen LogP) is 0.930. The van der Waals surface area contributed by atoms with E-state index in [2.05, 4.69) is 17.1 Å². The Bertz CT molecular complexity index is 639. The lowest BCUT2D eigenvalue weighted by Gasteiger charge is -2.28. The number of benzene rings is 1. The molecule has 1 aromatic rings. The van der Waals surface area contributed by atoms with Gasteiger partial charge in [-0.1, -0.05) is 24.6 Å². The molecule has 0 bridgehead atoms. The molecule has 1 aliphatic heterocycles. The second-order valence-electron chi connectivity index (χ2n) is 6.42. The zero-order chi connectivity index (χ0) is 21.3. The molecule has 0 saturated carbocycles. The van der Waals surface area contributed by atoms with Gasteiger partial charge in [-0.05, 0) is 43.6 Å². The van der Waals surface area contributed by atoms with Crippen molar-refractivity contribution in [1.82, 2.24) is 10.2 Å². The molecule has 1 saturated heterocycles. The second kappa shape index (κ2) is 11.9. The normalized spacial score (nSPS) is 18.3. The molecule has 0 amide bonds. The molecule has 158 valence electrons. The number of hydrogen-bond acceptors (Lipinski definition) is 6. The lowest BCUT2D eigenvalue weighted by atomic mass is 10.1. The van der Waals surface area contributed by atoms with E-state index in [-0.39, 0.29) is 5.82 Å². The largest absolute Gasteiger partial charge is 0.479 e. The molecular weight excluding hydrogens is 395 g/mol. The molecule has 0 aromatic heterocycles. The summed E-state index contributed by atoms with van der Waals surface area (Å²) in [4.78, 5) is 22.0. The highest BCUT2D eigenvalue weighted by atomic mass is 35.5. The van der Waals surface area contributed by atoms with E-state index in [0.29, 0.717) is 11.1 Å². The van der Waals surface area contributed by atoms with Crippen LogP contribution >= 0.6 is 11.6 Å². The number of aliphatic carboxylic acids is 2. The first-order valence-electron chi connectivity index (χ1n) is 8.87. The Morgan fingerprint density at radius 3 is 2.32 bits per heavy atom. The van der Waals surface area contributed by atoms with Crippen LogP contribution in [-0.2, 0) is 16.1 Å². The van der Waals surface area contributed by atoms with E-state index in [1.165, 1.54) is 18.6 Å². The lowest BCUT2D eigenvalue weighted by molar-refractivity contribution is -0.165. The van der Waals surface area contributed by atoms with Crippen LogP contribution in [0.25, 0.3) is 0 Å². The number of aliphatic hydroxyl groups is 2. The zero-order valence-corrected chi connectivity index (χ0v) is 16.3. The molecule has 0 spiro atoms. The van der Waals surface area contributed by atoms with Crippen molar-refractivity contribution in [3.05, 3.63) is 34.6 Å². The van der Waals surface area contributed by atoms with Crippen LogP contribution in [0.2, 0.25) is 5.02 Å². The Balaban J connectivity index is 0.000000336. The maximum atomic E-state index is 13.0. The van der Waals surface area contributed by atoms with Crippen LogP contribution in [0.5, 0.6) is 0 Å². The van der Waals surface area contributed by atoms with E-state index in [4.69, 9.17) is 32.0 Å². The number of carboxylic acid groups (broad SMARTS) is 2. The highest BCUT2D eigenvalue weighted by Gasteiger charge is 2.29. The van der Waals surface area contributed by atoms with Gasteiger partial charge in [-0.3, -0.25) is 4.90 Å². The summed E-state index contributed by atoms with van der Waals surface area (Å²) in [5.74, 6) is -3.81. The highest BCUT2D eigenvalue weighted by molar-refractivity contribution is 6.31. The van der Waals surface area contributed by atoms with Crippen molar-refractivity contribution in [2.75, 3.05) is 19.6 Å². The number of carbonyl (C=O) groups is 2. The van der Waals surface area contributed by atoms with Gasteiger partial charge in [0.15, 0.2) is 12.2 Å². The molecule has 0 radical (unpaired) electrons. The summed E-state index contributed by atoms with van der Waals surface area (Å²) in [6, 6.07) is 5.25. The van der Waals surface area contributed by atoms with Crippen molar-refractivity contribution in [1.29, 1.82) is 0 Å². The molecule has 1 heterocycles. The molecule has 2 rings (SSSR count). The van der Waals surface area contributed by atoms with E-state index < -0.39 is 24.1 Å². The monoisotopic (exact) mass is 420 g/mol. The lowest BCUT2D eigenvalue weighted by Crippen LogP contribution is -2.39. The summed E-state index contributed by atoms with van der Waals surface area (Å²) in [5, 5.41) is 36.4. The van der Waals surface area contributed by atoms with Gasteiger partial charge in [-0.25, -0.2) is 14.0 Å². The van der Waals surface area contributed by atoms with Crippen molar-refractivity contribution in [3.8, 4) is 0 Å². The average molecular weight is 421 g/mol. The highest BCUT2D eigenvalue weighted by Crippen LogP contribution is 2.21. The molecule has 1 aliphatic rings. The van der Waals surface area contributed by atoms with E-state index in [0.717, 1.165) is 38.2 Å². The van der Waals surface area contributed by atoms with Gasteiger partial charge in [0.1, 0.15) is 5.82 Å². The minimum Gasteiger partial charge on any atom is -0.479 e. The number of halogens is 2. The molecule has 1 fully saturated rings. The van der Waals surface area contributed by atoms with Crippen molar-refractivity contribution in [2.45, 2.75) is 44.6 Å². The van der Waals surface area contributed by atoms with Crippen molar-refractivity contribution < 1.29 is 34.4 Å². The fourth-order valence-electron chi connectivity index (χ4n) is 2.77. The van der Waals surface area contributed by atoms with Crippen LogP contribution < -0.4 is 5.32 Å². The molecule has 10 heteroatoms. The molecular formula is C18H26ClFN2O6. The summed E-state index contributed by atoms with van der Waals surface area (Å²) in [6.07, 6.45) is -2.23. The fourth-order valence-corrected chi connectivity index (χ4v) is 2.99. The van der Waals surface area contributed by atoms with Gasteiger partial charge in [0.05, 0.1) is 0 Å². The maximum Gasteiger partial charge on any atom is 0.335 e. The number of hydrogen-bond donors (Lipinski definition) is 5. The Morgan fingerprint density at radius 1 is 1.29 bits per heavy atom. The van der Waals surface area contributed by atoms with Crippen molar-refractivity contribution in [3.63, 3.8) is 0 Å². The number of aliphatic hydroxyl groups excluding tert-OH is 2. The summed E-state index contributed by atoms with van der Waals surface area (Å²) in [7, 11) is 0. The van der Waals surface area contributed by atoms with Gasteiger partial charge in [0.25, 0.3) is 0 Å². The van der Waals surface area contributed by atoms with Crippen molar-refractivity contribution >= 4 is 23.5 Å². The maximum absolute atomic E-state index is 13.0. The van der Waals surface area contributed by atoms with Gasteiger partial charge in [-0.15, -0.1) is 0 Å². The van der Waals surface area contributed by atoms with Crippen LogP contribution in [-0.4, -0.2) is 75.1 Å². The molecule has 8 nitrogen and oxygen atoms in total. The summed E-state index contributed by atoms with van der Waals surface area (Å²) >= 11 is 6.10. The predicted molar refractivity (Wildman–Crippen MR) is 101 cm³/mol. The van der Waals surface area contributed by atoms with Gasteiger partial charge < -0.3 is 25.7 Å². The summed E-state index contributed by atoms with van der Waals surface area (Å²) < 4.78 is 13.0. The number of rotatable bonds is 8. The molecule has 1 aromatic carbocycles. The third kappa shape index (κ3) is 7.69. The van der Waals surface area contributed by atoms with Gasteiger partial charge in [0, 0.05) is 24.2 Å². The van der Waals surface area contributed by atoms with E-state index in [1.54, 1.807) is 6.07 Å². The SMILES string of the molecule is CCCN(Cc1ccc(F)cc1Cl)[C@H]1CCNC1.O=C(O)C(O)C(O)C(=O)O. The molecule has 0 aliphatic carbocycles. The van der Waals surface area contributed by atoms with Crippen LogP contribution in [0.4, 0.5) is 4.39 Å². The first-order valence-corrected chi connectivity index (χ1v) is 9.25. The van der Waals surface area contributed by atoms with E-state index in [1.807, 2.05) is 0 Å². The number of nitrogens with one attached hydrogen (secondary N) is 1. The first-order chi connectivity index (χ1) is 13.2. The Kier molecular flexibility index (Phi) is 10.3. The van der Waals surface area contributed by atoms with E-state index in [9.17, 15) is 14.0 Å². The Hall–Kier alpha value is -1.78. The molecule has 3 atom stereocenters. The van der Waals surface area contributed by atoms with Gasteiger partial charge in [0.2, 0.25) is 0 Å². The van der Waals surface area contributed by atoms with Crippen LogP contribution in [0.3, 0.4) is 0 Å². The van der Waals surface area contributed by atoms with Gasteiger partial charge >= 0.3 is 11.9 Å². The van der Waals surface area contributed by atoms with Crippen LogP contribution in [0.15, 0.2) is 18.2 Å². The van der Waals surface area contributed by atoms with Gasteiger partial charge in [-0.2, -0.15) is 0 Å². The van der Waals surface area contributed by atoms with E-state index >= 15 is 0 Å². The molecule has 28 heavy (non-hydrogen) atoms. The third-order valence-electron chi connectivity index (χ3n) is 4.26. The Morgan fingerprint density at radius 2 is 1.89 bits per heavy atom. The first kappa shape index (κ1) is 24.3. The smallest absolute Gasteiger partial charge is 0.335 e. The molecule has 2 unspecified atom stereocenters. The second-order valence-corrected chi connectivity index (χ2v) is 6.83.